The highest BCUT2D eigenvalue weighted by molar-refractivity contribution is 5.76. The Labute approximate surface area is 147 Å². The van der Waals surface area contributed by atoms with Gasteiger partial charge in [0.25, 0.3) is 0 Å². The van der Waals surface area contributed by atoms with Gasteiger partial charge in [0, 0.05) is 24.5 Å². The van der Waals surface area contributed by atoms with Crippen molar-refractivity contribution in [2.24, 2.45) is 0 Å². The quantitative estimate of drug-likeness (QED) is 0.680. The van der Waals surface area contributed by atoms with Crippen molar-refractivity contribution in [1.82, 2.24) is 9.88 Å². The SMILES string of the molecule is CCOc1ccccc1CNC(=O)C[C@@H](c1ccco1)n1cccc1. The van der Waals surface area contributed by atoms with E-state index < -0.39 is 0 Å². The summed E-state index contributed by atoms with van der Waals surface area (Å²) in [5.74, 6) is 1.53. The zero-order valence-electron chi connectivity index (χ0n) is 14.2. The molecule has 0 fully saturated rings. The van der Waals surface area contributed by atoms with E-state index in [0.717, 1.165) is 17.1 Å². The molecule has 130 valence electrons. The highest BCUT2D eigenvalue weighted by Gasteiger charge is 2.19. The van der Waals surface area contributed by atoms with Crippen LogP contribution in [0.4, 0.5) is 0 Å². The zero-order valence-corrected chi connectivity index (χ0v) is 14.2. The lowest BCUT2D eigenvalue weighted by molar-refractivity contribution is -0.121. The van der Waals surface area contributed by atoms with Gasteiger partial charge in [-0.1, -0.05) is 18.2 Å². The predicted molar refractivity (Wildman–Crippen MR) is 95.4 cm³/mol. The van der Waals surface area contributed by atoms with Crippen molar-refractivity contribution < 1.29 is 13.9 Å². The fourth-order valence-corrected chi connectivity index (χ4v) is 2.78. The summed E-state index contributed by atoms with van der Waals surface area (Å²) in [5, 5.41) is 2.98. The van der Waals surface area contributed by atoms with Crippen molar-refractivity contribution in [1.29, 1.82) is 0 Å². The van der Waals surface area contributed by atoms with Crippen molar-refractivity contribution in [2.45, 2.75) is 25.9 Å². The fourth-order valence-electron chi connectivity index (χ4n) is 2.78. The molecule has 1 aromatic carbocycles. The molecule has 0 aliphatic carbocycles. The first-order chi connectivity index (χ1) is 12.3. The number of para-hydroxylation sites is 1. The van der Waals surface area contributed by atoms with E-state index in [4.69, 9.17) is 9.15 Å². The van der Waals surface area contributed by atoms with E-state index >= 15 is 0 Å². The number of carbonyl (C=O) groups excluding carboxylic acids is 1. The molecule has 0 saturated carbocycles. The number of ether oxygens (including phenoxy) is 1. The number of furan rings is 1. The molecule has 0 aliphatic heterocycles. The number of nitrogens with zero attached hydrogens (tertiary/aromatic N) is 1. The van der Waals surface area contributed by atoms with Crippen LogP contribution in [-0.2, 0) is 11.3 Å². The predicted octanol–water partition coefficient (Wildman–Crippen LogP) is 3.78. The Morgan fingerprint density at radius 1 is 1.16 bits per heavy atom. The summed E-state index contributed by atoms with van der Waals surface area (Å²) >= 11 is 0. The average Bonchev–Trinajstić information content (AvgIpc) is 3.33. The van der Waals surface area contributed by atoms with Gasteiger partial charge in [0.15, 0.2) is 0 Å². The fraction of sp³-hybridized carbons (Fsp3) is 0.250. The second kappa shape index (κ2) is 8.24. The number of aromatic nitrogens is 1. The van der Waals surface area contributed by atoms with Crippen molar-refractivity contribution in [3.63, 3.8) is 0 Å². The smallest absolute Gasteiger partial charge is 0.222 e. The Balaban J connectivity index is 1.65. The van der Waals surface area contributed by atoms with E-state index in [1.165, 1.54) is 0 Å². The molecule has 0 aliphatic rings. The molecule has 1 amide bonds. The van der Waals surface area contributed by atoms with E-state index in [1.54, 1.807) is 6.26 Å². The Bertz CT molecular complexity index is 745. The molecule has 0 unspecified atom stereocenters. The number of carbonyl (C=O) groups is 1. The van der Waals surface area contributed by atoms with Crippen LogP contribution in [0.25, 0.3) is 0 Å². The molecule has 3 aromatic rings. The van der Waals surface area contributed by atoms with Gasteiger partial charge in [-0.25, -0.2) is 0 Å². The minimum absolute atomic E-state index is 0.0404. The van der Waals surface area contributed by atoms with Gasteiger partial charge in [-0.05, 0) is 37.3 Å². The summed E-state index contributed by atoms with van der Waals surface area (Å²) in [6.45, 7) is 2.98. The average molecular weight is 338 g/mol. The van der Waals surface area contributed by atoms with Crippen LogP contribution in [0.15, 0.2) is 71.6 Å². The van der Waals surface area contributed by atoms with Crippen molar-refractivity contribution >= 4 is 5.91 Å². The third-order valence-corrected chi connectivity index (χ3v) is 3.99. The van der Waals surface area contributed by atoms with Crippen molar-refractivity contribution in [2.75, 3.05) is 6.61 Å². The summed E-state index contributed by atoms with van der Waals surface area (Å²) in [7, 11) is 0. The molecule has 0 bridgehead atoms. The summed E-state index contributed by atoms with van der Waals surface area (Å²) in [5.41, 5.74) is 0.966. The van der Waals surface area contributed by atoms with Gasteiger partial charge in [-0.15, -0.1) is 0 Å². The summed E-state index contributed by atoms with van der Waals surface area (Å²) in [6.07, 6.45) is 5.80. The number of nitrogens with one attached hydrogen (secondary N) is 1. The second-order valence-electron chi connectivity index (χ2n) is 5.68. The van der Waals surface area contributed by atoms with E-state index in [2.05, 4.69) is 5.32 Å². The number of benzene rings is 1. The molecule has 1 N–H and O–H groups in total. The number of amides is 1. The maximum Gasteiger partial charge on any atom is 0.222 e. The van der Waals surface area contributed by atoms with Crippen LogP contribution >= 0.6 is 0 Å². The van der Waals surface area contributed by atoms with Gasteiger partial charge >= 0.3 is 0 Å². The zero-order chi connectivity index (χ0) is 17.5. The molecule has 0 radical (unpaired) electrons. The minimum Gasteiger partial charge on any atom is -0.494 e. The molecule has 5 nitrogen and oxygen atoms in total. The standard InChI is InChI=1S/C20H22N2O3/c1-2-24-18-9-4-3-8-16(18)15-21-20(23)14-17(19-10-7-13-25-19)22-11-5-6-12-22/h3-13,17H,2,14-15H2,1H3,(H,21,23)/t17-/m0/s1. The molecule has 5 heteroatoms. The normalized spacial score (nSPS) is 11.9. The number of hydrogen-bond donors (Lipinski definition) is 1. The van der Waals surface area contributed by atoms with Crippen LogP contribution in [0.3, 0.4) is 0 Å². The molecular weight excluding hydrogens is 316 g/mol. The van der Waals surface area contributed by atoms with Gasteiger partial charge in [-0.2, -0.15) is 0 Å². The third kappa shape index (κ3) is 4.32. The van der Waals surface area contributed by atoms with Gasteiger partial charge in [-0.3, -0.25) is 4.79 Å². The lowest BCUT2D eigenvalue weighted by Crippen LogP contribution is -2.26. The maximum absolute atomic E-state index is 12.5. The van der Waals surface area contributed by atoms with Crippen LogP contribution in [0, 0.1) is 0 Å². The van der Waals surface area contributed by atoms with Crippen molar-refractivity contribution in [3.05, 3.63) is 78.5 Å². The van der Waals surface area contributed by atoms with Crippen LogP contribution in [0.2, 0.25) is 0 Å². The summed E-state index contributed by atoms with van der Waals surface area (Å²) in [6, 6.07) is 15.2. The molecule has 25 heavy (non-hydrogen) atoms. The Morgan fingerprint density at radius 2 is 1.96 bits per heavy atom. The van der Waals surface area contributed by atoms with Gasteiger partial charge in [0.2, 0.25) is 5.91 Å². The van der Waals surface area contributed by atoms with Crippen LogP contribution in [0.1, 0.15) is 30.7 Å². The van der Waals surface area contributed by atoms with Gasteiger partial charge in [0.1, 0.15) is 11.5 Å². The maximum atomic E-state index is 12.5. The lowest BCUT2D eigenvalue weighted by atomic mass is 10.1. The Morgan fingerprint density at radius 3 is 2.68 bits per heavy atom. The van der Waals surface area contributed by atoms with Crippen LogP contribution < -0.4 is 10.1 Å². The molecule has 3 rings (SSSR count). The first-order valence-electron chi connectivity index (χ1n) is 8.41. The van der Waals surface area contributed by atoms with E-state index in [0.29, 0.717) is 19.6 Å². The molecule has 2 heterocycles. The number of hydrogen-bond acceptors (Lipinski definition) is 3. The molecular formula is C20H22N2O3. The third-order valence-electron chi connectivity index (χ3n) is 3.99. The minimum atomic E-state index is -0.160. The Kier molecular flexibility index (Phi) is 5.57. The molecule has 1 atom stereocenters. The molecule has 2 aromatic heterocycles. The van der Waals surface area contributed by atoms with E-state index in [-0.39, 0.29) is 11.9 Å². The van der Waals surface area contributed by atoms with Crippen LogP contribution in [0.5, 0.6) is 5.75 Å². The highest BCUT2D eigenvalue weighted by atomic mass is 16.5. The van der Waals surface area contributed by atoms with Gasteiger partial charge in [0.05, 0.1) is 25.3 Å². The monoisotopic (exact) mass is 338 g/mol. The first kappa shape index (κ1) is 16.9. The summed E-state index contributed by atoms with van der Waals surface area (Å²) in [4.78, 5) is 12.5. The molecule has 0 saturated heterocycles. The van der Waals surface area contributed by atoms with E-state index in [1.807, 2.05) is 72.4 Å². The first-order valence-corrected chi connectivity index (χ1v) is 8.41. The summed E-state index contributed by atoms with van der Waals surface area (Å²) < 4.78 is 13.1. The van der Waals surface area contributed by atoms with E-state index in [9.17, 15) is 4.79 Å². The van der Waals surface area contributed by atoms with Gasteiger partial charge < -0.3 is 19.0 Å². The van der Waals surface area contributed by atoms with Crippen LogP contribution in [-0.4, -0.2) is 17.1 Å². The van der Waals surface area contributed by atoms with Crippen molar-refractivity contribution in [3.8, 4) is 5.75 Å². The topological polar surface area (TPSA) is 56.4 Å². The Hall–Kier alpha value is -2.95. The molecule has 0 spiro atoms. The highest BCUT2D eigenvalue weighted by Crippen LogP contribution is 2.23. The largest absolute Gasteiger partial charge is 0.494 e. The second-order valence-corrected chi connectivity index (χ2v) is 5.68. The number of rotatable bonds is 8. The lowest BCUT2D eigenvalue weighted by Gasteiger charge is -2.17.